The summed E-state index contributed by atoms with van der Waals surface area (Å²) in [5.41, 5.74) is -5.63. The van der Waals surface area contributed by atoms with E-state index >= 15 is 0 Å². The van der Waals surface area contributed by atoms with E-state index in [9.17, 15) is 31.5 Å². The highest BCUT2D eigenvalue weighted by atomic mass is 19.4. The quantitative estimate of drug-likeness (QED) is 0.188. The van der Waals surface area contributed by atoms with E-state index in [1.807, 2.05) is 0 Å². The largest absolute Gasteiger partial charge is 0.465 e. The second kappa shape index (κ2) is 8.87. The number of oxime groups is 1. The molecule has 0 saturated heterocycles. The van der Waals surface area contributed by atoms with E-state index in [-0.39, 0.29) is 12.3 Å². The van der Waals surface area contributed by atoms with Gasteiger partial charge in [-0.2, -0.15) is 13.2 Å². The normalized spacial score (nSPS) is 12.2. The molecule has 0 bridgehead atoms. The summed E-state index contributed by atoms with van der Waals surface area (Å²) in [4.78, 5) is 27.3. The molecule has 6 nitrogen and oxygen atoms in total. The van der Waals surface area contributed by atoms with Gasteiger partial charge in [0.1, 0.15) is 5.69 Å². The van der Waals surface area contributed by atoms with Crippen LogP contribution in [0.3, 0.4) is 0 Å². The molecule has 0 saturated carbocycles. The standard InChI is InChI=1S/C16H17F5N2O4/c1-7(2)6-8-10(9(24)4-5-22-26)13(16(19,20)21)23-12(14(17)18)11(8)15(25)27-3/h5,7,14,26H,4,6H2,1-3H3/b22-5+. The first kappa shape index (κ1) is 22.5. The fourth-order valence-corrected chi connectivity index (χ4v) is 2.49. The van der Waals surface area contributed by atoms with Gasteiger partial charge in [-0.3, -0.25) is 4.79 Å². The number of ketones is 1. The number of methoxy groups -OCH3 is 1. The van der Waals surface area contributed by atoms with Crippen LogP contribution in [-0.4, -0.2) is 35.3 Å². The number of hydrogen-bond acceptors (Lipinski definition) is 6. The SMILES string of the molecule is COC(=O)c1c(C(F)F)nc(C(F)(F)F)c(C(=O)C/C=N/O)c1CC(C)C. The second-order valence-electron chi connectivity index (χ2n) is 5.89. The molecule has 0 spiro atoms. The summed E-state index contributed by atoms with van der Waals surface area (Å²) in [5.74, 6) is -2.90. The van der Waals surface area contributed by atoms with Crippen LogP contribution in [-0.2, 0) is 17.3 Å². The van der Waals surface area contributed by atoms with Gasteiger partial charge in [-0.1, -0.05) is 13.8 Å². The molecule has 27 heavy (non-hydrogen) atoms. The summed E-state index contributed by atoms with van der Waals surface area (Å²) < 4.78 is 71.5. The Labute approximate surface area is 151 Å². The molecular formula is C16H17F5N2O4. The Morgan fingerprint density at radius 1 is 1.26 bits per heavy atom. The van der Waals surface area contributed by atoms with Crippen molar-refractivity contribution in [2.24, 2.45) is 11.1 Å². The van der Waals surface area contributed by atoms with Gasteiger partial charge in [-0.05, 0) is 17.9 Å². The Morgan fingerprint density at radius 3 is 2.26 bits per heavy atom. The Hall–Kier alpha value is -2.59. The molecule has 0 aliphatic carbocycles. The van der Waals surface area contributed by atoms with Crippen molar-refractivity contribution in [3.8, 4) is 0 Å². The number of aromatic nitrogens is 1. The van der Waals surface area contributed by atoms with E-state index in [2.05, 4.69) is 14.9 Å². The molecule has 0 atom stereocenters. The number of ether oxygens (including phenoxy) is 1. The molecule has 1 N–H and O–H groups in total. The maximum absolute atomic E-state index is 13.4. The van der Waals surface area contributed by atoms with Crippen molar-refractivity contribution in [1.29, 1.82) is 0 Å². The highest BCUT2D eigenvalue weighted by Crippen LogP contribution is 2.38. The number of carbonyl (C=O) groups excluding carboxylic acids is 2. The van der Waals surface area contributed by atoms with Gasteiger partial charge < -0.3 is 9.94 Å². The van der Waals surface area contributed by atoms with Crippen molar-refractivity contribution in [3.05, 3.63) is 28.1 Å². The summed E-state index contributed by atoms with van der Waals surface area (Å²) in [6.45, 7) is 3.14. The highest BCUT2D eigenvalue weighted by molar-refractivity contribution is 6.07. The van der Waals surface area contributed by atoms with Crippen LogP contribution in [0.15, 0.2) is 5.16 Å². The highest BCUT2D eigenvalue weighted by Gasteiger charge is 2.42. The molecule has 150 valence electrons. The third-order valence-electron chi connectivity index (χ3n) is 3.44. The number of esters is 1. The molecule has 0 radical (unpaired) electrons. The zero-order chi connectivity index (χ0) is 20.9. The molecule has 0 amide bonds. The van der Waals surface area contributed by atoms with Crippen molar-refractivity contribution in [2.45, 2.75) is 39.3 Å². The predicted octanol–water partition coefficient (Wildman–Crippen LogP) is 4.06. The maximum Gasteiger partial charge on any atom is 0.434 e. The van der Waals surface area contributed by atoms with Crippen LogP contribution >= 0.6 is 0 Å². The fourth-order valence-electron chi connectivity index (χ4n) is 2.49. The Balaban J connectivity index is 4.03. The molecular weight excluding hydrogens is 379 g/mol. The van der Waals surface area contributed by atoms with Crippen molar-refractivity contribution in [3.63, 3.8) is 0 Å². The summed E-state index contributed by atoms with van der Waals surface area (Å²) >= 11 is 0. The van der Waals surface area contributed by atoms with Gasteiger partial charge in [-0.15, -0.1) is 5.16 Å². The number of rotatable bonds is 7. The van der Waals surface area contributed by atoms with Gasteiger partial charge >= 0.3 is 12.1 Å². The van der Waals surface area contributed by atoms with Gasteiger partial charge in [0.2, 0.25) is 0 Å². The van der Waals surface area contributed by atoms with Crippen molar-refractivity contribution < 1.29 is 41.5 Å². The summed E-state index contributed by atoms with van der Waals surface area (Å²) in [7, 11) is 0.869. The van der Waals surface area contributed by atoms with E-state index in [0.29, 0.717) is 6.21 Å². The third-order valence-corrected chi connectivity index (χ3v) is 3.44. The first-order valence-corrected chi connectivity index (χ1v) is 7.65. The molecule has 11 heteroatoms. The molecule has 0 aliphatic rings. The number of pyridine rings is 1. The lowest BCUT2D eigenvalue weighted by Crippen LogP contribution is -2.25. The van der Waals surface area contributed by atoms with Crippen molar-refractivity contribution in [1.82, 2.24) is 4.98 Å². The Kier molecular flexibility index (Phi) is 7.37. The topological polar surface area (TPSA) is 88.9 Å². The average Bonchev–Trinajstić information content (AvgIpc) is 2.56. The number of alkyl halides is 5. The number of Topliss-reactive ketones (excluding diaryl/α,β-unsaturated/α-hetero) is 1. The molecule has 0 aliphatic heterocycles. The zero-order valence-corrected chi connectivity index (χ0v) is 14.6. The van der Waals surface area contributed by atoms with Crippen LogP contribution < -0.4 is 0 Å². The van der Waals surface area contributed by atoms with E-state index in [1.165, 1.54) is 0 Å². The number of carbonyl (C=O) groups is 2. The molecule has 1 rings (SSSR count). The van der Waals surface area contributed by atoms with Crippen molar-refractivity contribution in [2.75, 3.05) is 7.11 Å². The Bertz CT molecular complexity index is 745. The van der Waals surface area contributed by atoms with Crippen LogP contribution in [0.1, 0.15) is 64.4 Å². The minimum Gasteiger partial charge on any atom is -0.465 e. The van der Waals surface area contributed by atoms with Gasteiger partial charge in [0.25, 0.3) is 6.43 Å². The number of hydrogen-bond donors (Lipinski definition) is 1. The van der Waals surface area contributed by atoms with E-state index in [4.69, 9.17) is 5.21 Å². The van der Waals surface area contributed by atoms with Crippen molar-refractivity contribution >= 4 is 18.0 Å². The van der Waals surface area contributed by atoms with Crippen LogP contribution in [0.5, 0.6) is 0 Å². The minimum absolute atomic E-state index is 0.285. The van der Waals surface area contributed by atoms with Gasteiger partial charge in [0.05, 0.1) is 24.5 Å². The summed E-state index contributed by atoms with van der Waals surface area (Å²) in [5, 5.41) is 11.0. The molecule has 1 aromatic rings. The van der Waals surface area contributed by atoms with Crippen LogP contribution in [0.25, 0.3) is 0 Å². The number of nitrogens with zero attached hydrogens (tertiary/aromatic N) is 2. The van der Waals surface area contributed by atoms with Crippen LogP contribution in [0.2, 0.25) is 0 Å². The second-order valence-corrected chi connectivity index (χ2v) is 5.89. The van der Waals surface area contributed by atoms with Crippen LogP contribution in [0.4, 0.5) is 22.0 Å². The van der Waals surface area contributed by atoms with E-state index in [0.717, 1.165) is 7.11 Å². The molecule has 0 aromatic carbocycles. The zero-order valence-electron chi connectivity index (χ0n) is 14.6. The van der Waals surface area contributed by atoms with Gasteiger partial charge in [0, 0.05) is 6.42 Å². The van der Waals surface area contributed by atoms with E-state index in [1.54, 1.807) is 13.8 Å². The minimum atomic E-state index is -5.23. The lowest BCUT2D eigenvalue weighted by Gasteiger charge is -2.21. The lowest BCUT2D eigenvalue weighted by molar-refractivity contribution is -0.141. The monoisotopic (exact) mass is 396 g/mol. The summed E-state index contributed by atoms with van der Waals surface area (Å²) in [6, 6.07) is 0. The third kappa shape index (κ3) is 5.20. The smallest absolute Gasteiger partial charge is 0.434 e. The Morgan fingerprint density at radius 2 is 1.85 bits per heavy atom. The summed E-state index contributed by atoms with van der Waals surface area (Å²) in [6.07, 6.45) is -9.13. The number of halogens is 5. The average molecular weight is 396 g/mol. The molecule has 0 unspecified atom stereocenters. The van der Waals surface area contributed by atoms with Gasteiger partial charge in [-0.25, -0.2) is 18.6 Å². The molecule has 0 fully saturated rings. The first-order valence-electron chi connectivity index (χ1n) is 7.65. The lowest BCUT2D eigenvalue weighted by atomic mass is 9.88. The molecule has 1 heterocycles. The predicted molar refractivity (Wildman–Crippen MR) is 83.3 cm³/mol. The molecule has 1 aromatic heterocycles. The maximum atomic E-state index is 13.4. The first-order chi connectivity index (χ1) is 12.4. The van der Waals surface area contributed by atoms with Crippen LogP contribution in [0, 0.1) is 5.92 Å². The van der Waals surface area contributed by atoms with Gasteiger partial charge in [0.15, 0.2) is 11.5 Å². The van der Waals surface area contributed by atoms with E-state index < -0.39 is 58.9 Å². The fraction of sp³-hybridized carbons (Fsp3) is 0.500.